The Morgan fingerprint density at radius 1 is 1.45 bits per heavy atom. The highest BCUT2D eigenvalue weighted by Gasteiger charge is 2.25. The average Bonchev–Trinajstić information content (AvgIpc) is 2.90. The van der Waals surface area contributed by atoms with Crippen LogP contribution in [0.15, 0.2) is 22.7 Å². The van der Waals surface area contributed by atoms with Gasteiger partial charge in [0.05, 0.1) is 5.69 Å². The molecule has 2 aromatic rings. The van der Waals surface area contributed by atoms with Crippen LogP contribution in [0, 0.1) is 5.82 Å². The molecule has 1 fully saturated rings. The van der Waals surface area contributed by atoms with E-state index in [4.69, 9.17) is 15.0 Å². The molecule has 1 aliphatic heterocycles. The molecule has 22 heavy (non-hydrogen) atoms. The van der Waals surface area contributed by atoms with Gasteiger partial charge in [0.1, 0.15) is 12.4 Å². The zero-order valence-electron chi connectivity index (χ0n) is 12.1. The molecule has 1 aliphatic rings. The molecule has 7 heteroatoms. The van der Waals surface area contributed by atoms with E-state index in [0.717, 1.165) is 37.0 Å². The third-order valence-corrected chi connectivity index (χ3v) is 4.09. The molecule has 0 unspecified atom stereocenters. The van der Waals surface area contributed by atoms with E-state index < -0.39 is 6.09 Å². The van der Waals surface area contributed by atoms with E-state index in [1.54, 1.807) is 6.07 Å². The highest BCUT2D eigenvalue weighted by molar-refractivity contribution is 5.79. The molecule has 118 valence electrons. The van der Waals surface area contributed by atoms with Gasteiger partial charge in [0.25, 0.3) is 0 Å². The quantitative estimate of drug-likeness (QED) is 0.936. The number of benzene rings is 1. The first-order chi connectivity index (χ1) is 10.6. The Morgan fingerprint density at radius 2 is 2.23 bits per heavy atom. The molecule has 1 amide bonds. The van der Waals surface area contributed by atoms with Gasteiger partial charge in [-0.1, -0.05) is 5.16 Å². The summed E-state index contributed by atoms with van der Waals surface area (Å²) in [6.45, 7) is 2.78. The number of piperidine rings is 1. The molecule has 0 saturated carbocycles. The van der Waals surface area contributed by atoms with Crippen LogP contribution in [0.25, 0.3) is 11.0 Å². The molecule has 0 atom stereocenters. The standard InChI is InChI=1S/C15H18FN3O3/c16-11-1-2-12-13(9-11)22-18-14(12)10-3-5-19(6-4-10)7-8-21-15(17)20/h1-2,9-10H,3-8H2,(H2,17,20). The fourth-order valence-corrected chi connectivity index (χ4v) is 2.93. The van der Waals surface area contributed by atoms with E-state index >= 15 is 0 Å². The Bertz CT molecular complexity index is 665. The summed E-state index contributed by atoms with van der Waals surface area (Å²) in [5.41, 5.74) is 6.33. The SMILES string of the molecule is NC(=O)OCCN1CCC(c2noc3cc(F)ccc23)CC1. The number of ether oxygens (including phenoxy) is 1. The molecule has 6 nitrogen and oxygen atoms in total. The van der Waals surface area contributed by atoms with Crippen molar-refractivity contribution in [1.82, 2.24) is 10.1 Å². The largest absolute Gasteiger partial charge is 0.448 e. The fraction of sp³-hybridized carbons (Fsp3) is 0.467. The van der Waals surface area contributed by atoms with E-state index in [2.05, 4.69) is 10.1 Å². The first-order valence-corrected chi connectivity index (χ1v) is 7.33. The third-order valence-electron chi connectivity index (χ3n) is 4.09. The minimum Gasteiger partial charge on any atom is -0.448 e. The number of hydrogen-bond donors (Lipinski definition) is 1. The van der Waals surface area contributed by atoms with Gasteiger partial charge in [0, 0.05) is 23.9 Å². The molecule has 0 spiro atoms. The lowest BCUT2D eigenvalue weighted by atomic mass is 9.91. The summed E-state index contributed by atoms with van der Waals surface area (Å²) in [5, 5.41) is 5.01. The monoisotopic (exact) mass is 307 g/mol. The van der Waals surface area contributed by atoms with Crippen molar-refractivity contribution in [2.24, 2.45) is 5.73 Å². The number of amides is 1. The van der Waals surface area contributed by atoms with Gasteiger partial charge in [0.15, 0.2) is 5.58 Å². The topological polar surface area (TPSA) is 81.6 Å². The Kier molecular flexibility index (Phi) is 4.24. The number of primary amides is 1. The first-order valence-electron chi connectivity index (χ1n) is 7.33. The van der Waals surface area contributed by atoms with Crippen molar-refractivity contribution in [2.45, 2.75) is 18.8 Å². The van der Waals surface area contributed by atoms with Crippen LogP contribution < -0.4 is 5.73 Å². The van der Waals surface area contributed by atoms with E-state index in [0.29, 0.717) is 24.7 Å². The second-order valence-corrected chi connectivity index (χ2v) is 5.49. The van der Waals surface area contributed by atoms with Crippen molar-refractivity contribution in [2.75, 3.05) is 26.2 Å². The molecular formula is C15H18FN3O3. The van der Waals surface area contributed by atoms with E-state index in [1.807, 2.05) is 0 Å². The number of hydrogen-bond acceptors (Lipinski definition) is 5. The predicted molar refractivity (Wildman–Crippen MR) is 77.9 cm³/mol. The van der Waals surface area contributed by atoms with Gasteiger partial charge in [-0.2, -0.15) is 0 Å². The van der Waals surface area contributed by atoms with Crippen molar-refractivity contribution in [1.29, 1.82) is 0 Å². The lowest BCUT2D eigenvalue weighted by molar-refractivity contribution is 0.124. The van der Waals surface area contributed by atoms with Crippen molar-refractivity contribution in [3.05, 3.63) is 29.7 Å². The highest BCUT2D eigenvalue weighted by Crippen LogP contribution is 2.32. The van der Waals surface area contributed by atoms with Gasteiger partial charge in [-0.15, -0.1) is 0 Å². The van der Waals surface area contributed by atoms with Gasteiger partial charge in [-0.05, 0) is 38.1 Å². The molecule has 0 radical (unpaired) electrons. The molecule has 1 aromatic carbocycles. The van der Waals surface area contributed by atoms with Crippen LogP contribution >= 0.6 is 0 Å². The van der Waals surface area contributed by atoms with Gasteiger partial charge in [-0.25, -0.2) is 9.18 Å². The number of rotatable bonds is 4. The summed E-state index contributed by atoms with van der Waals surface area (Å²) >= 11 is 0. The minimum atomic E-state index is -0.740. The second-order valence-electron chi connectivity index (χ2n) is 5.49. The molecule has 2 N–H and O–H groups in total. The Hall–Kier alpha value is -2.15. The number of carbonyl (C=O) groups is 1. The van der Waals surface area contributed by atoms with Crippen LogP contribution in [0.5, 0.6) is 0 Å². The normalized spacial score (nSPS) is 17.0. The van der Waals surface area contributed by atoms with Crippen LogP contribution in [0.4, 0.5) is 9.18 Å². The molecule has 1 saturated heterocycles. The lowest BCUT2D eigenvalue weighted by Crippen LogP contribution is -2.36. The molecule has 3 rings (SSSR count). The zero-order valence-corrected chi connectivity index (χ0v) is 12.1. The molecule has 0 bridgehead atoms. The van der Waals surface area contributed by atoms with E-state index in [9.17, 15) is 9.18 Å². The Labute approximate surface area is 127 Å². The van der Waals surface area contributed by atoms with Gasteiger partial charge in [-0.3, -0.25) is 4.90 Å². The van der Waals surface area contributed by atoms with Crippen molar-refractivity contribution < 1.29 is 18.4 Å². The van der Waals surface area contributed by atoms with E-state index in [1.165, 1.54) is 12.1 Å². The Balaban J connectivity index is 1.59. The maximum absolute atomic E-state index is 13.2. The summed E-state index contributed by atoms with van der Waals surface area (Å²) in [7, 11) is 0. The number of halogens is 1. The third kappa shape index (κ3) is 3.19. The molecule has 1 aromatic heterocycles. The van der Waals surface area contributed by atoms with Crippen LogP contribution in [0.2, 0.25) is 0 Å². The number of carbonyl (C=O) groups excluding carboxylic acids is 1. The molecular weight excluding hydrogens is 289 g/mol. The summed E-state index contributed by atoms with van der Waals surface area (Å²) in [6.07, 6.45) is 1.14. The lowest BCUT2D eigenvalue weighted by Gasteiger charge is -2.30. The smallest absolute Gasteiger partial charge is 0.404 e. The number of nitrogens with zero attached hydrogens (tertiary/aromatic N) is 2. The highest BCUT2D eigenvalue weighted by atomic mass is 19.1. The van der Waals surface area contributed by atoms with Gasteiger partial charge < -0.3 is 15.0 Å². The van der Waals surface area contributed by atoms with Crippen LogP contribution in [0.3, 0.4) is 0 Å². The maximum Gasteiger partial charge on any atom is 0.404 e. The van der Waals surface area contributed by atoms with Crippen molar-refractivity contribution in [3.8, 4) is 0 Å². The van der Waals surface area contributed by atoms with Crippen molar-refractivity contribution >= 4 is 17.1 Å². The molecule has 0 aliphatic carbocycles. The first kappa shape index (κ1) is 14.8. The Morgan fingerprint density at radius 3 is 2.95 bits per heavy atom. The maximum atomic E-state index is 13.2. The fourth-order valence-electron chi connectivity index (χ4n) is 2.93. The number of likely N-dealkylation sites (tertiary alicyclic amines) is 1. The number of fused-ring (bicyclic) bond motifs is 1. The van der Waals surface area contributed by atoms with Crippen LogP contribution in [0.1, 0.15) is 24.5 Å². The zero-order chi connectivity index (χ0) is 15.5. The predicted octanol–water partition coefficient (Wildman–Crippen LogP) is 2.24. The van der Waals surface area contributed by atoms with Crippen LogP contribution in [-0.2, 0) is 4.74 Å². The van der Waals surface area contributed by atoms with Gasteiger partial charge in [0.2, 0.25) is 0 Å². The van der Waals surface area contributed by atoms with Gasteiger partial charge >= 0.3 is 6.09 Å². The summed E-state index contributed by atoms with van der Waals surface area (Å²) in [6, 6.07) is 4.52. The summed E-state index contributed by atoms with van der Waals surface area (Å²) in [5.74, 6) is -0.0144. The minimum absolute atomic E-state index is 0.306. The summed E-state index contributed by atoms with van der Waals surface area (Å²) in [4.78, 5) is 12.8. The summed E-state index contributed by atoms with van der Waals surface area (Å²) < 4.78 is 23.1. The van der Waals surface area contributed by atoms with Crippen LogP contribution in [-0.4, -0.2) is 42.4 Å². The second kappa shape index (κ2) is 6.31. The average molecular weight is 307 g/mol. The number of aromatic nitrogens is 1. The molecule has 2 heterocycles. The van der Waals surface area contributed by atoms with Crippen molar-refractivity contribution in [3.63, 3.8) is 0 Å². The van der Waals surface area contributed by atoms with E-state index in [-0.39, 0.29) is 5.82 Å². The number of nitrogens with two attached hydrogens (primary N) is 1.